The van der Waals surface area contributed by atoms with Crippen LogP contribution < -0.4 is 8.92 Å². The molecule has 0 spiro atoms. The summed E-state index contributed by atoms with van der Waals surface area (Å²) >= 11 is 1.20. The van der Waals surface area contributed by atoms with Gasteiger partial charge in [0.05, 0.1) is 12.0 Å². The van der Waals surface area contributed by atoms with Crippen molar-refractivity contribution in [1.82, 2.24) is 0 Å². The predicted molar refractivity (Wildman–Crippen MR) is 56.3 cm³/mol. The SMILES string of the molecule is OCC1(Oc2cccc3c2OSC=C3)OO1. The molecule has 0 amide bonds. The van der Waals surface area contributed by atoms with Crippen molar-refractivity contribution in [1.29, 1.82) is 0 Å². The van der Waals surface area contributed by atoms with Crippen molar-refractivity contribution in [3.63, 3.8) is 0 Å². The largest absolute Gasteiger partial charge is 0.430 e. The Kier molecular flexibility index (Phi) is 2.29. The molecule has 6 heteroatoms. The van der Waals surface area contributed by atoms with Crippen molar-refractivity contribution in [2.45, 2.75) is 5.97 Å². The fraction of sp³-hybridized carbons (Fsp3) is 0.200. The monoisotopic (exact) mass is 240 g/mol. The molecule has 84 valence electrons. The van der Waals surface area contributed by atoms with E-state index < -0.39 is 5.97 Å². The predicted octanol–water partition coefficient (Wildman–Crippen LogP) is 1.68. The van der Waals surface area contributed by atoms with E-state index in [1.807, 2.05) is 23.6 Å². The van der Waals surface area contributed by atoms with Gasteiger partial charge in [-0.25, -0.2) is 0 Å². The summed E-state index contributed by atoms with van der Waals surface area (Å²) in [5.74, 6) is -0.285. The van der Waals surface area contributed by atoms with E-state index >= 15 is 0 Å². The van der Waals surface area contributed by atoms with Gasteiger partial charge in [-0.05, 0) is 12.1 Å². The van der Waals surface area contributed by atoms with Crippen LogP contribution in [0.25, 0.3) is 6.08 Å². The maximum atomic E-state index is 8.99. The molecule has 1 N–H and O–H groups in total. The molecule has 0 unspecified atom stereocenters. The zero-order valence-electron chi connectivity index (χ0n) is 8.08. The number of para-hydroxylation sites is 1. The van der Waals surface area contributed by atoms with Gasteiger partial charge in [0.15, 0.2) is 11.5 Å². The van der Waals surface area contributed by atoms with Crippen molar-refractivity contribution >= 4 is 18.1 Å². The van der Waals surface area contributed by atoms with E-state index in [0.717, 1.165) is 5.56 Å². The van der Waals surface area contributed by atoms with Crippen LogP contribution in [0.3, 0.4) is 0 Å². The molecule has 1 saturated heterocycles. The molecule has 0 saturated carbocycles. The summed E-state index contributed by atoms with van der Waals surface area (Å²) in [4.78, 5) is 9.18. The van der Waals surface area contributed by atoms with Crippen LogP contribution in [0.5, 0.6) is 11.5 Å². The molecule has 0 aliphatic carbocycles. The molecule has 1 fully saturated rings. The Balaban J connectivity index is 1.92. The number of ether oxygens (including phenoxy) is 1. The average molecular weight is 240 g/mol. The zero-order chi connectivity index (χ0) is 11.0. The normalized spacial score (nSPS) is 19.8. The van der Waals surface area contributed by atoms with Crippen LogP contribution in [-0.4, -0.2) is 17.7 Å². The van der Waals surface area contributed by atoms with E-state index in [1.165, 1.54) is 12.0 Å². The highest BCUT2D eigenvalue weighted by Crippen LogP contribution is 2.42. The van der Waals surface area contributed by atoms with Crippen LogP contribution >= 0.6 is 12.0 Å². The molecule has 0 radical (unpaired) electrons. The molecular weight excluding hydrogens is 232 g/mol. The van der Waals surface area contributed by atoms with Crippen molar-refractivity contribution in [2.24, 2.45) is 0 Å². The van der Waals surface area contributed by atoms with Gasteiger partial charge in [0.25, 0.3) is 0 Å². The molecule has 3 rings (SSSR count). The molecule has 2 aliphatic rings. The van der Waals surface area contributed by atoms with E-state index in [0.29, 0.717) is 11.5 Å². The number of fused-ring (bicyclic) bond motifs is 1. The standard InChI is InChI=1S/C10H8O5S/c11-6-10(14-15-10)12-8-3-1-2-7-4-5-16-13-9(7)8/h1-5,11H,6H2. The fourth-order valence-corrected chi connectivity index (χ4v) is 1.88. The molecule has 0 atom stereocenters. The lowest BCUT2D eigenvalue weighted by molar-refractivity contribution is -0.000498. The highest BCUT2D eigenvalue weighted by Gasteiger charge is 2.53. The maximum Gasteiger partial charge on any atom is 0.405 e. The van der Waals surface area contributed by atoms with Gasteiger partial charge in [0.1, 0.15) is 6.61 Å². The zero-order valence-corrected chi connectivity index (χ0v) is 8.90. The van der Waals surface area contributed by atoms with E-state index in [2.05, 4.69) is 9.78 Å². The Bertz CT molecular complexity index is 441. The highest BCUT2D eigenvalue weighted by atomic mass is 32.2. The van der Waals surface area contributed by atoms with E-state index in [1.54, 1.807) is 6.07 Å². The number of benzene rings is 1. The average Bonchev–Trinajstić information content (AvgIpc) is 3.10. The minimum absolute atomic E-state index is 0.375. The summed E-state index contributed by atoms with van der Waals surface area (Å²) in [6, 6.07) is 5.45. The van der Waals surface area contributed by atoms with Crippen LogP contribution in [0, 0.1) is 0 Å². The number of aliphatic hydroxyl groups excluding tert-OH is 1. The Morgan fingerprint density at radius 1 is 1.38 bits per heavy atom. The van der Waals surface area contributed by atoms with Crippen molar-refractivity contribution in [3.05, 3.63) is 29.2 Å². The summed E-state index contributed by atoms with van der Waals surface area (Å²) in [7, 11) is 0. The van der Waals surface area contributed by atoms with Gasteiger partial charge >= 0.3 is 5.97 Å². The first-order valence-corrected chi connectivity index (χ1v) is 5.43. The molecule has 2 heterocycles. The van der Waals surface area contributed by atoms with Gasteiger partial charge < -0.3 is 14.0 Å². The van der Waals surface area contributed by atoms with Gasteiger partial charge in [0, 0.05) is 11.0 Å². The lowest BCUT2D eigenvalue weighted by Crippen LogP contribution is -2.24. The molecule has 1 aromatic rings. The third kappa shape index (κ3) is 1.65. The van der Waals surface area contributed by atoms with Crippen LogP contribution in [0.1, 0.15) is 5.56 Å². The third-order valence-corrected chi connectivity index (χ3v) is 2.68. The highest BCUT2D eigenvalue weighted by molar-refractivity contribution is 7.98. The number of rotatable bonds is 3. The maximum absolute atomic E-state index is 8.99. The van der Waals surface area contributed by atoms with Crippen LogP contribution in [0.4, 0.5) is 0 Å². The van der Waals surface area contributed by atoms with Crippen LogP contribution in [0.15, 0.2) is 23.6 Å². The van der Waals surface area contributed by atoms with Crippen molar-refractivity contribution < 1.29 is 23.8 Å². The topological polar surface area (TPSA) is 63.8 Å². The Morgan fingerprint density at radius 3 is 3.00 bits per heavy atom. The van der Waals surface area contributed by atoms with Gasteiger partial charge in [-0.2, -0.15) is 0 Å². The number of aliphatic hydroxyl groups is 1. The molecule has 1 aromatic carbocycles. The van der Waals surface area contributed by atoms with Gasteiger partial charge in [-0.3, -0.25) is 0 Å². The molecule has 2 aliphatic heterocycles. The summed E-state index contributed by atoms with van der Waals surface area (Å²) in [6.45, 7) is -0.375. The summed E-state index contributed by atoms with van der Waals surface area (Å²) in [5, 5.41) is 10.8. The lowest BCUT2D eigenvalue weighted by Gasteiger charge is -2.15. The van der Waals surface area contributed by atoms with Crippen LogP contribution in [-0.2, 0) is 9.78 Å². The lowest BCUT2D eigenvalue weighted by atomic mass is 10.2. The quantitative estimate of drug-likeness (QED) is 0.492. The van der Waals surface area contributed by atoms with Crippen LogP contribution in [0.2, 0.25) is 0 Å². The van der Waals surface area contributed by atoms with E-state index in [-0.39, 0.29) is 6.61 Å². The minimum Gasteiger partial charge on any atom is -0.430 e. The minimum atomic E-state index is -1.36. The molecule has 0 aromatic heterocycles. The van der Waals surface area contributed by atoms with Gasteiger partial charge in [0.2, 0.25) is 0 Å². The molecular formula is C10H8O5S. The second-order valence-electron chi connectivity index (χ2n) is 3.27. The molecule has 16 heavy (non-hydrogen) atoms. The van der Waals surface area contributed by atoms with E-state index in [9.17, 15) is 0 Å². The third-order valence-electron chi connectivity index (χ3n) is 2.17. The van der Waals surface area contributed by atoms with Gasteiger partial charge in [-0.1, -0.05) is 12.1 Å². The molecule has 0 bridgehead atoms. The second kappa shape index (κ2) is 3.67. The first-order valence-electron chi connectivity index (χ1n) is 4.63. The fourth-order valence-electron chi connectivity index (χ4n) is 1.34. The first-order chi connectivity index (χ1) is 7.83. The first kappa shape index (κ1) is 9.98. The Morgan fingerprint density at radius 2 is 2.25 bits per heavy atom. The smallest absolute Gasteiger partial charge is 0.405 e. The second-order valence-corrected chi connectivity index (χ2v) is 3.90. The molecule has 5 nitrogen and oxygen atoms in total. The summed E-state index contributed by atoms with van der Waals surface area (Å²) in [5.41, 5.74) is 0.907. The Hall–Kier alpha value is -1.21. The summed E-state index contributed by atoms with van der Waals surface area (Å²) < 4.78 is 10.8. The van der Waals surface area contributed by atoms with Gasteiger partial charge in [-0.15, -0.1) is 9.78 Å². The van der Waals surface area contributed by atoms with E-state index in [4.69, 9.17) is 14.0 Å². The van der Waals surface area contributed by atoms with Crippen molar-refractivity contribution in [2.75, 3.05) is 6.61 Å². The summed E-state index contributed by atoms with van der Waals surface area (Å²) in [6.07, 6.45) is 1.91. The Labute approximate surface area is 95.7 Å². The number of hydrogen-bond acceptors (Lipinski definition) is 6. The number of hydrogen-bond donors (Lipinski definition) is 1. The van der Waals surface area contributed by atoms with Crippen molar-refractivity contribution in [3.8, 4) is 11.5 Å².